The van der Waals surface area contributed by atoms with Crippen LogP contribution in [0.5, 0.6) is 0 Å². The molecule has 1 aromatic heterocycles. The molecule has 1 aliphatic heterocycles. The number of para-hydroxylation sites is 1. The van der Waals surface area contributed by atoms with E-state index in [4.69, 9.17) is 0 Å². The van der Waals surface area contributed by atoms with E-state index in [1.165, 1.54) is 18.2 Å². The summed E-state index contributed by atoms with van der Waals surface area (Å²) in [6.45, 7) is 3.87. The van der Waals surface area contributed by atoms with Crippen LogP contribution in [-0.4, -0.2) is 52.9 Å². The highest BCUT2D eigenvalue weighted by Gasteiger charge is 2.32. The topological polar surface area (TPSA) is 39.3 Å². The Morgan fingerprint density at radius 3 is 2.67 bits per heavy atom. The highest BCUT2D eigenvalue weighted by atomic mass is 16.2. The van der Waals surface area contributed by atoms with E-state index in [9.17, 15) is 4.79 Å². The fourth-order valence-corrected chi connectivity index (χ4v) is 3.33. The third kappa shape index (κ3) is 2.56. The average molecular weight is 283 g/mol. The summed E-state index contributed by atoms with van der Waals surface area (Å²) in [4.78, 5) is 20.3. The van der Waals surface area contributed by atoms with Gasteiger partial charge in [-0.3, -0.25) is 9.69 Å². The maximum atomic E-state index is 12.5. The number of carbonyl (C=O) groups is 1. The average Bonchev–Trinajstić information content (AvgIpc) is 3.30. The molecular formula is C17H21N3O. The fourth-order valence-electron chi connectivity index (χ4n) is 3.33. The van der Waals surface area contributed by atoms with E-state index in [0.29, 0.717) is 6.42 Å². The van der Waals surface area contributed by atoms with Crippen molar-refractivity contribution in [3.05, 3.63) is 36.0 Å². The minimum absolute atomic E-state index is 0.259. The largest absolute Gasteiger partial charge is 0.361 e. The quantitative estimate of drug-likeness (QED) is 0.936. The molecule has 110 valence electrons. The van der Waals surface area contributed by atoms with Gasteiger partial charge < -0.3 is 9.88 Å². The van der Waals surface area contributed by atoms with E-state index < -0.39 is 0 Å². The van der Waals surface area contributed by atoms with Crippen molar-refractivity contribution in [3.63, 3.8) is 0 Å². The van der Waals surface area contributed by atoms with Crippen LogP contribution >= 0.6 is 0 Å². The second kappa shape index (κ2) is 5.19. The number of piperazine rings is 1. The molecule has 1 aromatic carbocycles. The van der Waals surface area contributed by atoms with Crippen molar-refractivity contribution >= 4 is 16.8 Å². The van der Waals surface area contributed by atoms with E-state index in [0.717, 1.165) is 43.3 Å². The lowest BCUT2D eigenvalue weighted by Gasteiger charge is -2.34. The first-order chi connectivity index (χ1) is 10.3. The second-order valence-corrected chi connectivity index (χ2v) is 6.18. The number of hydrogen-bond donors (Lipinski definition) is 1. The van der Waals surface area contributed by atoms with Crippen LogP contribution < -0.4 is 0 Å². The molecule has 1 amide bonds. The summed E-state index contributed by atoms with van der Waals surface area (Å²) in [5.41, 5.74) is 2.22. The van der Waals surface area contributed by atoms with Gasteiger partial charge in [0.1, 0.15) is 0 Å². The minimum Gasteiger partial charge on any atom is -0.361 e. The van der Waals surface area contributed by atoms with Crippen molar-refractivity contribution in [2.45, 2.75) is 25.3 Å². The zero-order chi connectivity index (χ0) is 14.2. The van der Waals surface area contributed by atoms with Gasteiger partial charge in [0.15, 0.2) is 0 Å². The Morgan fingerprint density at radius 2 is 1.90 bits per heavy atom. The molecule has 0 unspecified atom stereocenters. The number of benzene rings is 1. The van der Waals surface area contributed by atoms with Gasteiger partial charge in [-0.1, -0.05) is 18.2 Å². The van der Waals surface area contributed by atoms with Crippen molar-refractivity contribution in [1.82, 2.24) is 14.8 Å². The molecular weight excluding hydrogens is 262 g/mol. The van der Waals surface area contributed by atoms with Gasteiger partial charge in [-0.25, -0.2) is 0 Å². The Kier molecular flexibility index (Phi) is 3.19. The van der Waals surface area contributed by atoms with E-state index in [1.54, 1.807) is 0 Å². The minimum atomic E-state index is 0.259. The Morgan fingerprint density at radius 1 is 1.14 bits per heavy atom. The number of fused-ring (bicyclic) bond motifs is 1. The van der Waals surface area contributed by atoms with Crippen LogP contribution in [-0.2, 0) is 11.2 Å². The standard InChI is InChI=1S/C17H21N3O/c21-17(20-9-7-19(8-10-20)14-5-6-14)11-13-12-18-16-4-2-1-3-15(13)16/h1-4,12,14,18H,5-11H2. The number of aromatic nitrogens is 1. The molecule has 0 bridgehead atoms. The van der Waals surface area contributed by atoms with Crippen LogP contribution in [0.15, 0.2) is 30.5 Å². The molecule has 0 atom stereocenters. The normalized spacial score (nSPS) is 20.1. The lowest BCUT2D eigenvalue weighted by atomic mass is 10.1. The predicted molar refractivity (Wildman–Crippen MR) is 83.2 cm³/mol. The van der Waals surface area contributed by atoms with Crippen molar-refractivity contribution in [1.29, 1.82) is 0 Å². The van der Waals surface area contributed by atoms with Crippen molar-refractivity contribution in [2.24, 2.45) is 0 Å². The summed E-state index contributed by atoms with van der Waals surface area (Å²) in [5, 5.41) is 1.17. The Bertz CT molecular complexity index is 651. The van der Waals surface area contributed by atoms with Gasteiger partial charge in [0.2, 0.25) is 5.91 Å². The molecule has 2 fully saturated rings. The summed E-state index contributed by atoms with van der Waals surface area (Å²) in [7, 11) is 0. The number of nitrogens with one attached hydrogen (secondary N) is 1. The first-order valence-electron chi connectivity index (χ1n) is 7.88. The smallest absolute Gasteiger partial charge is 0.227 e. The third-order valence-electron chi connectivity index (χ3n) is 4.75. The number of H-pyrrole nitrogens is 1. The van der Waals surface area contributed by atoms with E-state index in [2.05, 4.69) is 22.0 Å². The molecule has 1 saturated carbocycles. The zero-order valence-corrected chi connectivity index (χ0v) is 12.2. The van der Waals surface area contributed by atoms with Crippen molar-refractivity contribution < 1.29 is 4.79 Å². The number of hydrogen-bond acceptors (Lipinski definition) is 2. The Labute approximate surface area is 124 Å². The van der Waals surface area contributed by atoms with Crippen LogP contribution in [0.1, 0.15) is 18.4 Å². The maximum Gasteiger partial charge on any atom is 0.227 e. The first kappa shape index (κ1) is 12.9. The second-order valence-electron chi connectivity index (χ2n) is 6.18. The lowest BCUT2D eigenvalue weighted by molar-refractivity contribution is -0.132. The zero-order valence-electron chi connectivity index (χ0n) is 12.2. The highest BCUT2D eigenvalue weighted by Crippen LogP contribution is 2.27. The van der Waals surface area contributed by atoms with Gasteiger partial charge in [0, 0.05) is 49.3 Å². The third-order valence-corrected chi connectivity index (χ3v) is 4.75. The molecule has 4 nitrogen and oxygen atoms in total. The molecule has 1 N–H and O–H groups in total. The molecule has 0 radical (unpaired) electrons. The van der Waals surface area contributed by atoms with Gasteiger partial charge in [-0.15, -0.1) is 0 Å². The number of carbonyl (C=O) groups excluding carboxylic acids is 1. The van der Waals surface area contributed by atoms with Gasteiger partial charge >= 0.3 is 0 Å². The molecule has 4 rings (SSSR count). The molecule has 1 aliphatic carbocycles. The molecule has 2 aromatic rings. The summed E-state index contributed by atoms with van der Waals surface area (Å²) >= 11 is 0. The van der Waals surface area contributed by atoms with Crippen LogP contribution in [0.4, 0.5) is 0 Å². The Balaban J connectivity index is 1.41. The summed E-state index contributed by atoms with van der Waals surface area (Å²) in [6, 6.07) is 8.99. The highest BCUT2D eigenvalue weighted by molar-refractivity contribution is 5.88. The Hall–Kier alpha value is -1.81. The van der Waals surface area contributed by atoms with Crippen molar-refractivity contribution in [3.8, 4) is 0 Å². The first-order valence-corrected chi connectivity index (χ1v) is 7.88. The van der Waals surface area contributed by atoms with Gasteiger partial charge in [0.25, 0.3) is 0 Å². The number of amides is 1. The van der Waals surface area contributed by atoms with Crippen LogP contribution in [0.2, 0.25) is 0 Å². The summed E-state index contributed by atoms with van der Waals surface area (Å²) in [5.74, 6) is 0.259. The molecule has 1 saturated heterocycles. The van der Waals surface area contributed by atoms with E-state index >= 15 is 0 Å². The maximum absolute atomic E-state index is 12.5. The van der Waals surface area contributed by atoms with Gasteiger partial charge in [0.05, 0.1) is 6.42 Å². The number of nitrogens with zero attached hydrogens (tertiary/aromatic N) is 2. The lowest BCUT2D eigenvalue weighted by Crippen LogP contribution is -2.49. The van der Waals surface area contributed by atoms with E-state index in [-0.39, 0.29) is 5.91 Å². The van der Waals surface area contributed by atoms with Crippen LogP contribution in [0, 0.1) is 0 Å². The molecule has 21 heavy (non-hydrogen) atoms. The monoisotopic (exact) mass is 283 g/mol. The van der Waals surface area contributed by atoms with E-state index in [1.807, 2.05) is 23.2 Å². The van der Waals surface area contributed by atoms with Gasteiger partial charge in [-0.05, 0) is 24.5 Å². The summed E-state index contributed by atoms with van der Waals surface area (Å²) in [6.07, 6.45) is 5.18. The number of aromatic amines is 1. The van der Waals surface area contributed by atoms with Crippen LogP contribution in [0.3, 0.4) is 0 Å². The van der Waals surface area contributed by atoms with Crippen LogP contribution in [0.25, 0.3) is 10.9 Å². The molecule has 4 heteroatoms. The van der Waals surface area contributed by atoms with Gasteiger partial charge in [-0.2, -0.15) is 0 Å². The molecule has 0 spiro atoms. The summed E-state index contributed by atoms with van der Waals surface area (Å²) < 4.78 is 0. The van der Waals surface area contributed by atoms with Crippen molar-refractivity contribution in [2.75, 3.05) is 26.2 Å². The SMILES string of the molecule is O=C(Cc1c[nH]c2ccccc12)N1CCN(C2CC2)CC1. The predicted octanol–water partition coefficient (Wildman–Crippen LogP) is 2.02. The number of rotatable bonds is 3. The molecule has 2 heterocycles. The fraction of sp³-hybridized carbons (Fsp3) is 0.471. The molecule has 2 aliphatic rings.